The van der Waals surface area contributed by atoms with Gasteiger partial charge in [-0.1, -0.05) is 32.4 Å². The molecule has 0 N–H and O–H groups in total. The van der Waals surface area contributed by atoms with Crippen molar-refractivity contribution in [3.63, 3.8) is 0 Å². The molecule has 2 heteroatoms. The van der Waals surface area contributed by atoms with Crippen LogP contribution in [0.15, 0.2) is 24.3 Å². The Hall–Kier alpha value is -1.31. The van der Waals surface area contributed by atoms with E-state index < -0.39 is 0 Å². The van der Waals surface area contributed by atoms with Crippen molar-refractivity contribution in [3.8, 4) is 0 Å². The Kier molecular flexibility index (Phi) is 5.22. The molecular formula is C18H27NO. The second-order valence-electron chi connectivity index (χ2n) is 6.11. The number of hydrogen-bond donors (Lipinski definition) is 0. The molecule has 0 amide bonds. The van der Waals surface area contributed by atoms with E-state index in [1.807, 2.05) is 0 Å². The lowest BCUT2D eigenvalue weighted by atomic mass is 9.79. The second kappa shape index (κ2) is 6.92. The Labute approximate surface area is 123 Å². The van der Waals surface area contributed by atoms with Crippen molar-refractivity contribution in [1.82, 2.24) is 0 Å². The van der Waals surface area contributed by atoms with Crippen LogP contribution in [0.2, 0.25) is 0 Å². The highest BCUT2D eigenvalue weighted by Crippen LogP contribution is 2.30. The summed E-state index contributed by atoms with van der Waals surface area (Å²) in [5, 5.41) is 0. The van der Waals surface area contributed by atoms with Crippen LogP contribution in [0.25, 0.3) is 0 Å². The molecule has 0 saturated heterocycles. The SMILES string of the molecule is CCc1ccc(N(C)CC2CC(CC)CCC2=O)cc1. The van der Waals surface area contributed by atoms with E-state index in [2.05, 4.69) is 50.1 Å². The fourth-order valence-corrected chi connectivity index (χ4v) is 3.17. The number of ketones is 1. The zero-order valence-electron chi connectivity index (χ0n) is 13.1. The molecule has 2 atom stereocenters. The molecule has 0 bridgehead atoms. The molecule has 1 saturated carbocycles. The normalized spacial score (nSPS) is 22.9. The summed E-state index contributed by atoms with van der Waals surface area (Å²) in [7, 11) is 2.10. The van der Waals surface area contributed by atoms with E-state index in [0.29, 0.717) is 5.78 Å². The van der Waals surface area contributed by atoms with Crippen LogP contribution in [0.1, 0.15) is 45.1 Å². The maximum Gasteiger partial charge on any atom is 0.137 e. The summed E-state index contributed by atoms with van der Waals surface area (Å²) in [4.78, 5) is 14.3. The predicted octanol–water partition coefficient (Wildman–Crippen LogP) is 4.08. The first-order valence-corrected chi connectivity index (χ1v) is 7.96. The number of carbonyl (C=O) groups excluding carboxylic acids is 1. The summed E-state index contributed by atoms with van der Waals surface area (Å²) in [5.74, 6) is 1.44. The minimum atomic E-state index is 0.226. The molecule has 1 aliphatic carbocycles. The fourth-order valence-electron chi connectivity index (χ4n) is 3.17. The summed E-state index contributed by atoms with van der Waals surface area (Å²) in [6.45, 7) is 5.27. The van der Waals surface area contributed by atoms with Gasteiger partial charge in [-0.15, -0.1) is 0 Å². The van der Waals surface area contributed by atoms with Crippen molar-refractivity contribution in [3.05, 3.63) is 29.8 Å². The number of benzene rings is 1. The van der Waals surface area contributed by atoms with Gasteiger partial charge in [0, 0.05) is 31.6 Å². The highest BCUT2D eigenvalue weighted by atomic mass is 16.1. The molecule has 20 heavy (non-hydrogen) atoms. The van der Waals surface area contributed by atoms with Gasteiger partial charge in [-0.3, -0.25) is 4.79 Å². The van der Waals surface area contributed by atoms with Gasteiger partial charge in [0.2, 0.25) is 0 Å². The Balaban J connectivity index is 1.98. The molecule has 0 heterocycles. The average Bonchev–Trinajstić information content (AvgIpc) is 2.49. The zero-order chi connectivity index (χ0) is 14.5. The van der Waals surface area contributed by atoms with E-state index >= 15 is 0 Å². The standard InChI is InChI=1S/C18H27NO/c1-4-14-6-9-17(10-7-14)19(3)13-16-12-15(5-2)8-11-18(16)20/h6-7,9-10,15-16H,4-5,8,11-13H2,1-3H3. The molecular weight excluding hydrogens is 246 g/mol. The van der Waals surface area contributed by atoms with Gasteiger partial charge in [0.05, 0.1) is 0 Å². The maximum atomic E-state index is 12.1. The van der Waals surface area contributed by atoms with Crippen LogP contribution in [0, 0.1) is 11.8 Å². The average molecular weight is 273 g/mol. The van der Waals surface area contributed by atoms with Crippen LogP contribution in [0.5, 0.6) is 0 Å². The molecule has 0 aliphatic heterocycles. The van der Waals surface area contributed by atoms with Gasteiger partial charge >= 0.3 is 0 Å². The van der Waals surface area contributed by atoms with E-state index in [1.54, 1.807) is 0 Å². The van der Waals surface area contributed by atoms with Crippen molar-refractivity contribution >= 4 is 11.5 Å². The third kappa shape index (κ3) is 3.62. The van der Waals surface area contributed by atoms with Crippen molar-refractivity contribution < 1.29 is 4.79 Å². The van der Waals surface area contributed by atoms with Gasteiger partial charge in [0.1, 0.15) is 5.78 Å². The van der Waals surface area contributed by atoms with Crippen LogP contribution in [0.4, 0.5) is 5.69 Å². The Bertz CT molecular complexity index is 437. The lowest BCUT2D eigenvalue weighted by molar-refractivity contribution is -0.125. The van der Waals surface area contributed by atoms with Crippen LogP contribution >= 0.6 is 0 Å². The van der Waals surface area contributed by atoms with Gasteiger partial charge in [-0.25, -0.2) is 0 Å². The zero-order valence-corrected chi connectivity index (χ0v) is 13.1. The molecule has 110 valence electrons. The molecule has 2 nitrogen and oxygen atoms in total. The van der Waals surface area contributed by atoms with E-state index in [-0.39, 0.29) is 5.92 Å². The number of hydrogen-bond acceptors (Lipinski definition) is 2. The monoisotopic (exact) mass is 273 g/mol. The van der Waals surface area contributed by atoms with Gasteiger partial charge in [0.25, 0.3) is 0 Å². The Morgan fingerprint density at radius 3 is 2.50 bits per heavy atom. The minimum absolute atomic E-state index is 0.226. The second-order valence-corrected chi connectivity index (χ2v) is 6.11. The maximum absolute atomic E-state index is 12.1. The summed E-state index contributed by atoms with van der Waals surface area (Å²) in [5.41, 5.74) is 2.58. The lowest BCUT2D eigenvalue weighted by Gasteiger charge is -2.31. The predicted molar refractivity (Wildman–Crippen MR) is 85.2 cm³/mol. The molecule has 2 unspecified atom stereocenters. The van der Waals surface area contributed by atoms with Crippen molar-refractivity contribution in [1.29, 1.82) is 0 Å². The third-order valence-electron chi connectivity index (χ3n) is 4.73. The van der Waals surface area contributed by atoms with E-state index in [9.17, 15) is 4.79 Å². The Morgan fingerprint density at radius 2 is 1.90 bits per heavy atom. The number of carbonyl (C=O) groups is 1. The minimum Gasteiger partial charge on any atom is -0.374 e. The molecule has 2 rings (SSSR count). The first-order chi connectivity index (χ1) is 9.63. The van der Waals surface area contributed by atoms with Crippen LogP contribution < -0.4 is 4.90 Å². The number of rotatable bonds is 5. The van der Waals surface area contributed by atoms with Gasteiger partial charge in [-0.2, -0.15) is 0 Å². The highest BCUT2D eigenvalue weighted by molar-refractivity contribution is 5.82. The lowest BCUT2D eigenvalue weighted by Crippen LogP contribution is -2.34. The first-order valence-electron chi connectivity index (χ1n) is 7.96. The first kappa shape index (κ1) is 15.1. The van der Waals surface area contributed by atoms with Crippen LogP contribution in [-0.4, -0.2) is 19.4 Å². The highest BCUT2D eigenvalue weighted by Gasteiger charge is 2.28. The third-order valence-corrected chi connectivity index (χ3v) is 4.73. The number of aryl methyl sites for hydroxylation is 1. The topological polar surface area (TPSA) is 20.3 Å². The van der Waals surface area contributed by atoms with Crippen LogP contribution in [0.3, 0.4) is 0 Å². The molecule has 0 spiro atoms. The van der Waals surface area contributed by atoms with Gasteiger partial charge < -0.3 is 4.90 Å². The van der Waals surface area contributed by atoms with E-state index in [0.717, 1.165) is 38.1 Å². The number of nitrogens with zero attached hydrogens (tertiary/aromatic N) is 1. The van der Waals surface area contributed by atoms with Crippen molar-refractivity contribution in [2.45, 2.75) is 46.0 Å². The molecule has 0 radical (unpaired) electrons. The largest absolute Gasteiger partial charge is 0.374 e. The smallest absolute Gasteiger partial charge is 0.137 e. The van der Waals surface area contributed by atoms with E-state index in [1.165, 1.54) is 17.7 Å². The van der Waals surface area contributed by atoms with Crippen molar-refractivity contribution in [2.24, 2.45) is 11.8 Å². The summed E-state index contributed by atoms with van der Waals surface area (Å²) < 4.78 is 0. The molecule has 1 aromatic rings. The van der Waals surface area contributed by atoms with E-state index in [4.69, 9.17) is 0 Å². The fraction of sp³-hybridized carbons (Fsp3) is 0.611. The number of Topliss-reactive ketones (excluding diaryl/α,β-unsaturated/α-hetero) is 1. The van der Waals surface area contributed by atoms with Crippen molar-refractivity contribution in [2.75, 3.05) is 18.5 Å². The molecule has 1 aromatic carbocycles. The van der Waals surface area contributed by atoms with Crippen LogP contribution in [-0.2, 0) is 11.2 Å². The summed E-state index contributed by atoms with van der Waals surface area (Å²) in [6, 6.07) is 8.71. The van der Waals surface area contributed by atoms with Gasteiger partial charge in [-0.05, 0) is 42.9 Å². The quantitative estimate of drug-likeness (QED) is 0.805. The Morgan fingerprint density at radius 1 is 1.20 bits per heavy atom. The molecule has 0 aromatic heterocycles. The van der Waals surface area contributed by atoms with Gasteiger partial charge in [0.15, 0.2) is 0 Å². The molecule has 1 aliphatic rings. The molecule has 1 fully saturated rings. The summed E-state index contributed by atoms with van der Waals surface area (Å²) >= 11 is 0. The number of anilines is 1. The summed E-state index contributed by atoms with van der Waals surface area (Å²) in [6.07, 6.45) is 5.24.